The molecule has 0 atom stereocenters. The summed E-state index contributed by atoms with van der Waals surface area (Å²) in [5.41, 5.74) is 1.23. The second kappa shape index (κ2) is 7.75. The van der Waals surface area contributed by atoms with Gasteiger partial charge in [0.1, 0.15) is 5.82 Å². The van der Waals surface area contributed by atoms with E-state index in [1.165, 1.54) is 6.07 Å². The second-order valence-corrected chi connectivity index (χ2v) is 6.99. The van der Waals surface area contributed by atoms with Gasteiger partial charge in [0.2, 0.25) is 0 Å². The van der Waals surface area contributed by atoms with Crippen molar-refractivity contribution in [2.24, 2.45) is 11.3 Å². The number of hydrogen-bond acceptors (Lipinski definition) is 2. The molecule has 0 unspecified atom stereocenters. The smallest absolute Gasteiger partial charge is 0.123 e. The van der Waals surface area contributed by atoms with Crippen LogP contribution in [0.3, 0.4) is 0 Å². The van der Waals surface area contributed by atoms with E-state index in [1.807, 2.05) is 6.07 Å². The number of hydrogen-bond donors (Lipinski definition) is 1. The van der Waals surface area contributed by atoms with Gasteiger partial charge < -0.3 is 10.2 Å². The maximum atomic E-state index is 13.2. The fourth-order valence-electron chi connectivity index (χ4n) is 2.49. The van der Waals surface area contributed by atoms with E-state index in [-0.39, 0.29) is 11.2 Å². The van der Waals surface area contributed by atoms with E-state index in [1.54, 1.807) is 12.1 Å². The van der Waals surface area contributed by atoms with Crippen molar-refractivity contribution < 1.29 is 4.39 Å². The second-order valence-electron chi connectivity index (χ2n) is 6.99. The van der Waals surface area contributed by atoms with Gasteiger partial charge in [-0.05, 0) is 42.6 Å². The zero-order valence-electron chi connectivity index (χ0n) is 13.5. The molecular formula is C17H29FN2. The third-order valence-electron chi connectivity index (χ3n) is 3.20. The first-order chi connectivity index (χ1) is 9.28. The van der Waals surface area contributed by atoms with Gasteiger partial charge in [-0.3, -0.25) is 0 Å². The molecule has 0 aliphatic carbocycles. The number of nitrogens with zero attached hydrogens (tertiary/aromatic N) is 1. The summed E-state index contributed by atoms with van der Waals surface area (Å²) in [6.45, 7) is 12.8. The summed E-state index contributed by atoms with van der Waals surface area (Å²) in [6, 6.07) is 6.85. The maximum absolute atomic E-state index is 13.2. The normalized spacial score (nSPS) is 12.4. The highest BCUT2D eigenvalue weighted by Crippen LogP contribution is 2.17. The quantitative estimate of drug-likeness (QED) is 0.783. The molecule has 0 aromatic heterocycles. The van der Waals surface area contributed by atoms with Crippen molar-refractivity contribution in [3.63, 3.8) is 0 Å². The van der Waals surface area contributed by atoms with Crippen LogP contribution >= 0.6 is 0 Å². The van der Waals surface area contributed by atoms with Crippen molar-refractivity contribution in [2.45, 2.75) is 34.2 Å². The Labute approximate surface area is 123 Å². The van der Waals surface area contributed by atoms with Gasteiger partial charge >= 0.3 is 0 Å². The minimum Gasteiger partial charge on any atom is -0.316 e. The fourth-order valence-corrected chi connectivity index (χ4v) is 2.49. The van der Waals surface area contributed by atoms with E-state index < -0.39 is 0 Å². The average molecular weight is 280 g/mol. The molecule has 0 aliphatic heterocycles. The predicted octanol–water partition coefficient (Wildman–Crippen LogP) is 3.53. The Morgan fingerprint density at radius 1 is 1.30 bits per heavy atom. The van der Waals surface area contributed by atoms with E-state index in [0.717, 1.165) is 31.7 Å². The lowest BCUT2D eigenvalue weighted by Gasteiger charge is -2.31. The molecule has 0 amide bonds. The van der Waals surface area contributed by atoms with Crippen LogP contribution in [0, 0.1) is 17.2 Å². The highest BCUT2D eigenvalue weighted by atomic mass is 19.1. The van der Waals surface area contributed by atoms with Gasteiger partial charge in [0.25, 0.3) is 0 Å². The Balaban J connectivity index is 2.41. The summed E-state index contributed by atoms with van der Waals surface area (Å²) in [4.78, 5) is 2.26. The molecule has 0 spiro atoms. The SMILES string of the molecule is CC(C)CNCC(C)(C)CN(C)Cc1cccc(F)c1. The monoisotopic (exact) mass is 280 g/mol. The molecular weight excluding hydrogens is 251 g/mol. The van der Waals surface area contributed by atoms with Gasteiger partial charge in [0.15, 0.2) is 0 Å². The Morgan fingerprint density at radius 3 is 2.60 bits per heavy atom. The van der Waals surface area contributed by atoms with Crippen LogP contribution in [0.2, 0.25) is 0 Å². The third kappa shape index (κ3) is 7.01. The van der Waals surface area contributed by atoms with Crippen molar-refractivity contribution in [2.75, 3.05) is 26.7 Å². The first-order valence-electron chi connectivity index (χ1n) is 7.42. The van der Waals surface area contributed by atoms with Gasteiger partial charge in [0.05, 0.1) is 0 Å². The molecule has 2 nitrogen and oxygen atoms in total. The summed E-state index contributed by atoms with van der Waals surface area (Å²) < 4.78 is 13.2. The molecule has 1 N–H and O–H groups in total. The summed E-state index contributed by atoms with van der Waals surface area (Å²) in [5, 5.41) is 3.52. The van der Waals surface area contributed by atoms with Crippen LogP contribution in [0.1, 0.15) is 33.3 Å². The Morgan fingerprint density at radius 2 is 2.00 bits per heavy atom. The van der Waals surface area contributed by atoms with E-state index in [0.29, 0.717) is 5.92 Å². The molecule has 0 aliphatic rings. The van der Waals surface area contributed by atoms with E-state index in [4.69, 9.17) is 0 Å². The Kier molecular flexibility index (Phi) is 6.63. The summed E-state index contributed by atoms with van der Waals surface area (Å²) >= 11 is 0. The van der Waals surface area contributed by atoms with Crippen molar-refractivity contribution >= 4 is 0 Å². The van der Waals surface area contributed by atoms with Gasteiger partial charge in [-0.2, -0.15) is 0 Å². The lowest BCUT2D eigenvalue weighted by atomic mass is 9.92. The van der Waals surface area contributed by atoms with Gasteiger partial charge in [0, 0.05) is 19.6 Å². The molecule has 1 rings (SSSR count). The molecule has 0 heterocycles. The van der Waals surface area contributed by atoms with Gasteiger partial charge in [-0.1, -0.05) is 39.8 Å². The molecule has 114 valence electrons. The van der Waals surface area contributed by atoms with Crippen LogP contribution in [-0.4, -0.2) is 31.6 Å². The van der Waals surface area contributed by atoms with Crippen molar-refractivity contribution in [3.8, 4) is 0 Å². The van der Waals surface area contributed by atoms with E-state index in [9.17, 15) is 4.39 Å². The molecule has 0 saturated carbocycles. The Hall–Kier alpha value is -0.930. The van der Waals surface area contributed by atoms with E-state index in [2.05, 4.69) is 45.0 Å². The predicted molar refractivity (Wildman–Crippen MR) is 84.2 cm³/mol. The minimum atomic E-state index is -0.159. The molecule has 3 heteroatoms. The van der Waals surface area contributed by atoms with Gasteiger partial charge in [-0.25, -0.2) is 4.39 Å². The molecule has 20 heavy (non-hydrogen) atoms. The van der Waals surface area contributed by atoms with Crippen molar-refractivity contribution in [1.29, 1.82) is 0 Å². The fraction of sp³-hybridized carbons (Fsp3) is 0.647. The first kappa shape index (κ1) is 17.1. The van der Waals surface area contributed by atoms with Crippen LogP contribution in [0.4, 0.5) is 4.39 Å². The van der Waals surface area contributed by atoms with Crippen LogP contribution < -0.4 is 5.32 Å². The van der Waals surface area contributed by atoms with Crippen molar-refractivity contribution in [3.05, 3.63) is 35.6 Å². The lowest BCUT2D eigenvalue weighted by molar-refractivity contribution is 0.197. The van der Waals surface area contributed by atoms with Crippen molar-refractivity contribution in [1.82, 2.24) is 10.2 Å². The summed E-state index contributed by atoms with van der Waals surface area (Å²) in [6.07, 6.45) is 0. The average Bonchev–Trinajstić information content (AvgIpc) is 2.26. The molecule has 0 radical (unpaired) electrons. The largest absolute Gasteiger partial charge is 0.316 e. The summed E-state index contributed by atoms with van der Waals surface area (Å²) in [7, 11) is 2.09. The Bertz CT molecular complexity index is 402. The first-order valence-corrected chi connectivity index (χ1v) is 7.42. The number of nitrogens with one attached hydrogen (secondary N) is 1. The lowest BCUT2D eigenvalue weighted by Crippen LogP contribution is -2.39. The third-order valence-corrected chi connectivity index (χ3v) is 3.20. The highest BCUT2D eigenvalue weighted by molar-refractivity contribution is 5.16. The molecule has 0 fully saturated rings. The highest BCUT2D eigenvalue weighted by Gasteiger charge is 2.20. The van der Waals surface area contributed by atoms with Crippen LogP contribution in [0.25, 0.3) is 0 Å². The number of halogens is 1. The number of rotatable bonds is 8. The standard InChI is InChI=1S/C17H29FN2/c1-14(2)10-19-12-17(3,4)13-20(5)11-15-7-6-8-16(18)9-15/h6-9,14,19H,10-13H2,1-5H3. The number of benzene rings is 1. The molecule has 1 aromatic rings. The molecule has 0 saturated heterocycles. The van der Waals surface area contributed by atoms with E-state index >= 15 is 0 Å². The van der Waals surface area contributed by atoms with Crippen LogP contribution in [0.15, 0.2) is 24.3 Å². The van der Waals surface area contributed by atoms with Crippen LogP contribution in [-0.2, 0) is 6.54 Å². The topological polar surface area (TPSA) is 15.3 Å². The van der Waals surface area contributed by atoms with Gasteiger partial charge in [-0.15, -0.1) is 0 Å². The molecule has 0 bridgehead atoms. The zero-order valence-corrected chi connectivity index (χ0v) is 13.5. The maximum Gasteiger partial charge on any atom is 0.123 e. The summed E-state index contributed by atoms with van der Waals surface area (Å²) in [5.74, 6) is 0.518. The van der Waals surface area contributed by atoms with Crippen LogP contribution in [0.5, 0.6) is 0 Å². The zero-order chi connectivity index (χ0) is 15.2. The molecule has 1 aromatic carbocycles. The minimum absolute atomic E-state index is 0.159.